The maximum absolute atomic E-state index is 9.00. The fourth-order valence-electron chi connectivity index (χ4n) is 1.52. The lowest BCUT2D eigenvalue weighted by Crippen LogP contribution is -2.30. The molecule has 4 nitrogen and oxygen atoms in total. The van der Waals surface area contributed by atoms with Crippen molar-refractivity contribution in [3.63, 3.8) is 0 Å². The average molecular weight is 220 g/mol. The molecule has 0 unspecified atom stereocenters. The Morgan fingerprint density at radius 2 is 2.12 bits per heavy atom. The van der Waals surface area contributed by atoms with Gasteiger partial charge in [0.25, 0.3) is 0 Å². The van der Waals surface area contributed by atoms with Crippen molar-refractivity contribution in [2.45, 2.75) is 0 Å². The van der Waals surface area contributed by atoms with E-state index in [0.717, 1.165) is 5.69 Å². The minimum Gasteiger partial charge on any atom is -0.395 e. The van der Waals surface area contributed by atoms with Gasteiger partial charge in [0.15, 0.2) is 0 Å². The topological polar surface area (TPSA) is 56.5 Å². The van der Waals surface area contributed by atoms with Gasteiger partial charge < -0.3 is 14.7 Å². The molecule has 86 valence electrons. The normalized spacial score (nSPS) is 9.81. The fourth-order valence-corrected chi connectivity index (χ4v) is 1.52. The SMILES string of the molecule is COCCN(CCO)c1ccccc1C#N. The molecular weight excluding hydrogens is 204 g/mol. The highest BCUT2D eigenvalue weighted by atomic mass is 16.5. The molecule has 16 heavy (non-hydrogen) atoms. The molecular formula is C12H16N2O2. The van der Waals surface area contributed by atoms with E-state index in [1.807, 2.05) is 23.1 Å². The number of rotatable bonds is 6. The predicted molar refractivity (Wildman–Crippen MR) is 62.3 cm³/mol. The van der Waals surface area contributed by atoms with Crippen LogP contribution in [0.1, 0.15) is 5.56 Å². The Kier molecular flexibility index (Phi) is 5.34. The summed E-state index contributed by atoms with van der Waals surface area (Å²) in [6.45, 7) is 1.79. The van der Waals surface area contributed by atoms with E-state index in [9.17, 15) is 0 Å². The van der Waals surface area contributed by atoms with Gasteiger partial charge in [-0.2, -0.15) is 5.26 Å². The highest BCUT2D eigenvalue weighted by Crippen LogP contribution is 2.18. The molecule has 0 saturated heterocycles. The Morgan fingerprint density at radius 3 is 2.75 bits per heavy atom. The van der Waals surface area contributed by atoms with Crippen LogP contribution in [-0.2, 0) is 4.74 Å². The summed E-state index contributed by atoms with van der Waals surface area (Å²) < 4.78 is 5.01. The van der Waals surface area contributed by atoms with Crippen molar-refractivity contribution in [3.05, 3.63) is 29.8 Å². The summed E-state index contributed by atoms with van der Waals surface area (Å²) in [5.74, 6) is 0. The molecule has 0 fully saturated rings. The number of para-hydroxylation sites is 1. The van der Waals surface area contributed by atoms with Gasteiger partial charge in [-0.25, -0.2) is 0 Å². The van der Waals surface area contributed by atoms with Crippen LogP contribution in [-0.4, -0.2) is 38.5 Å². The van der Waals surface area contributed by atoms with Gasteiger partial charge in [-0.1, -0.05) is 12.1 Å². The highest BCUT2D eigenvalue weighted by Gasteiger charge is 2.09. The van der Waals surface area contributed by atoms with E-state index in [-0.39, 0.29) is 6.61 Å². The average Bonchev–Trinajstić information content (AvgIpc) is 2.34. The Morgan fingerprint density at radius 1 is 1.38 bits per heavy atom. The van der Waals surface area contributed by atoms with E-state index in [1.54, 1.807) is 13.2 Å². The number of aliphatic hydroxyl groups is 1. The van der Waals surface area contributed by atoms with Crippen LogP contribution in [0.25, 0.3) is 0 Å². The number of hydrogen-bond acceptors (Lipinski definition) is 4. The first-order chi connectivity index (χ1) is 7.83. The monoisotopic (exact) mass is 220 g/mol. The fraction of sp³-hybridized carbons (Fsp3) is 0.417. The van der Waals surface area contributed by atoms with Gasteiger partial charge in [-0.3, -0.25) is 0 Å². The Hall–Kier alpha value is -1.57. The molecule has 0 aliphatic carbocycles. The van der Waals surface area contributed by atoms with Gasteiger partial charge in [-0.05, 0) is 12.1 Å². The molecule has 0 aromatic heterocycles. The van der Waals surface area contributed by atoms with Gasteiger partial charge >= 0.3 is 0 Å². The summed E-state index contributed by atoms with van der Waals surface area (Å²) >= 11 is 0. The lowest BCUT2D eigenvalue weighted by molar-refractivity contribution is 0.203. The zero-order chi connectivity index (χ0) is 11.8. The third-order valence-electron chi connectivity index (χ3n) is 2.30. The van der Waals surface area contributed by atoms with Crippen molar-refractivity contribution in [3.8, 4) is 6.07 Å². The van der Waals surface area contributed by atoms with Gasteiger partial charge in [0.2, 0.25) is 0 Å². The van der Waals surface area contributed by atoms with Crippen molar-refractivity contribution in [1.82, 2.24) is 0 Å². The van der Waals surface area contributed by atoms with E-state index in [1.165, 1.54) is 0 Å². The molecule has 1 rings (SSSR count). The standard InChI is InChI=1S/C12H16N2O2/c1-16-9-7-14(6-8-15)12-5-3-2-4-11(12)10-13/h2-5,15H,6-9H2,1H3. The van der Waals surface area contributed by atoms with Crippen LogP contribution in [0.15, 0.2) is 24.3 Å². The molecule has 4 heteroatoms. The highest BCUT2D eigenvalue weighted by molar-refractivity contribution is 5.59. The molecule has 0 spiro atoms. The van der Waals surface area contributed by atoms with E-state index < -0.39 is 0 Å². The van der Waals surface area contributed by atoms with Crippen molar-refractivity contribution in [2.75, 3.05) is 38.3 Å². The number of nitriles is 1. The summed E-state index contributed by atoms with van der Waals surface area (Å²) in [6, 6.07) is 9.51. The number of ether oxygens (including phenoxy) is 1. The zero-order valence-electron chi connectivity index (χ0n) is 9.39. The van der Waals surface area contributed by atoms with Gasteiger partial charge in [0, 0.05) is 20.2 Å². The van der Waals surface area contributed by atoms with Gasteiger partial charge in [0.05, 0.1) is 24.5 Å². The van der Waals surface area contributed by atoms with Crippen molar-refractivity contribution in [1.29, 1.82) is 5.26 Å². The summed E-state index contributed by atoms with van der Waals surface area (Å²) in [6.07, 6.45) is 0. The number of benzene rings is 1. The van der Waals surface area contributed by atoms with E-state index in [2.05, 4.69) is 6.07 Å². The lowest BCUT2D eigenvalue weighted by Gasteiger charge is -2.24. The molecule has 0 atom stereocenters. The number of aliphatic hydroxyl groups excluding tert-OH is 1. The van der Waals surface area contributed by atoms with Crippen LogP contribution < -0.4 is 4.90 Å². The van der Waals surface area contributed by atoms with Gasteiger partial charge in [-0.15, -0.1) is 0 Å². The predicted octanol–water partition coefficient (Wildman–Crippen LogP) is 1.00. The molecule has 1 N–H and O–H groups in total. The largest absolute Gasteiger partial charge is 0.395 e. The first-order valence-corrected chi connectivity index (χ1v) is 5.17. The third kappa shape index (κ3) is 3.23. The second-order valence-corrected chi connectivity index (χ2v) is 3.33. The molecule has 0 radical (unpaired) electrons. The number of methoxy groups -OCH3 is 1. The minimum absolute atomic E-state index is 0.0590. The Balaban J connectivity index is 2.87. The van der Waals surface area contributed by atoms with Crippen molar-refractivity contribution >= 4 is 5.69 Å². The number of nitrogens with zero attached hydrogens (tertiary/aromatic N) is 2. The third-order valence-corrected chi connectivity index (χ3v) is 2.30. The molecule has 0 aliphatic rings. The lowest BCUT2D eigenvalue weighted by atomic mass is 10.1. The quantitative estimate of drug-likeness (QED) is 0.777. The van der Waals surface area contributed by atoms with E-state index in [0.29, 0.717) is 25.3 Å². The maximum atomic E-state index is 9.00. The molecule has 0 aliphatic heterocycles. The molecule has 0 saturated carbocycles. The van der Waals surface area contributed by atoms with Crippen LogP contribution in [0.5, 0.6) is 0 Å². The van der Waals surface area contributed by atoms with E-state index in [4.69, 9.17) is 15.1 Å². The van der Waals surface area contributed by atoms with Crippen LogP contribution in [0.2, 0.25) is 0 Å². The zero-order valence-corrected chi connectivity index (χ0v) is 9.39. The molecule has 0 bridgehead atoms. The maximum Gasteiger partial charge on any atom is 0.101 e. The van der Waals surface area contributed by atoms with E-state index >= 15 is 0 Å². The molecule has 0 heterocycles. The van der Waals surface area contributed by atoms with Crippen LogP contribution in [0.3, 0.4) is 0 Å². The summed E-state index contributed by atoms with van der Waals surface area (Å²) in [5, 5.41) is 18.0. The smallest absolute Gasteiger partial charge is 0.101 e. The van der Waals surface area contributed by atoms with Gasteiger partial charge in [0.1, 0.15) is 6.07 Å². The Labute approximate surface area is 95.7 Å². The summed E-state index contributed by atoms with van der Waals surface area (Å²) in [4.78, 5) is 1.95. The summed E-state index contributed by atoms with van der Waals surface area (Å²) in [5.41, 5.74) is 1.46. The van der Waals surface area contributed by atoms with Crippen LogP contribution in [0.4, 0.5) is 5.69 Å². The molecule has 0 amide bonds. The number of anilines is 1. The molecule has 1 aromatic carbocycles. The summed E-state index contributed by atoms with van der Waals surface area (Å²) in [7, 11) is 1.63. The van der Waals surface area contributed by atoms with Crippen LogP contribution >= 0.6 is 0 Å². The second-order valence-electron chi connectivity index (χ2n) is 3.33. The van der Waals surface area contributed by atoms with Crippen molar-refractivity contribution < 1.29 is 9.84 Å². The molecule has 1 aromatic rings. The minimum atomic E-state index is 0.0590. The number of hydrogen-bond donors (Lipinski definition) is 1. The first-order valence-electron chi connectivity index (χ1n) is 5.17. The van der Waals surface area contributed by atoms with Crippen molar-refractivity contribution in [2.24, 2.45) is 0 Å². The first kappa shape index (κ1) is 12.5. The second kappa shape index (κ2) is 6.83. The van der Waals surface area contributed by atoms with Crippen LogP contribution in [0, 0.1) is 11.3 Å². The Bertz CT molecular complexity index is 360.